The van der Waals surface area contributed by atoms with E-state index in [4.69, 9.17) is 4.42 Å². The van der Waals surface area contributed by atoms with Gasteiger partial charge in [-0.1, -0.05) is 139 Å². The molecule has 2 aromatic heterocycles. The van der Waals surface area contributed by atoms with E-state index < -0.39 is 0 Å². The van der Waals surface area contributed by atoms with Crippen LogP contribution < -0.4 is 4.90 Å². The quantitative estimate of drug-likeness (QED) is 0.177. The monoisotopic (exact) mass is 790 g/mol. The summed E-state index contributed by atoms with van der Waals surface area (Å²) in [5, 5.41) is 9.50. The van der Waals surface area contributed by atoms with Gasteiger partial charge in [-0.2, -0.15) is 0 Å². The molecule has 0 aliphatic heterocycles. The molecule has 0 bridgehead atoms. The number of hydrogen-bond donors (Lipinski definition) is 0. The van der Waals surface area contributed by atoms with Crippen molar-refractivity contribution >= 4 is 98.3 Å². The number of anilines is 3. The van der Waals surface area contributed by atoms with Gasteiger partial charge in [0, 0.05) is 33.6 Å². The molecule has 10 aromatic rings. The van der Waals surface area contributed by atoms with Crippen LogP contribution in [0.1, 0.15) is 52.7 Å². The van der Waals surface area contributed by atoms with Crippen molar-refractivity contribution in [3.05, 3.63) is 167 Å². The van der Waals surface area contributed by atoms with Crippen LogP contribution in [0.2, 0.25) is 0 Å². The van der Waals surface area contributed by atoms with E-state index in [9.17, 15) is 0 Å². The molecule has 10 rings (SSSR count). The highest BCUT2D eigenvalue weighted by Crippen LogP contribution is 2.51. The summed E-state index contributed by atoms with van der Waals surface area (Å²) in [7, 11) is 0. The van der Waals surface area contributed by atoms with E-state index in [2.05, 4.69) is 219 Å². The first-order chi connectivity index (χ1) is 27.0. The van der Waals surface area contributed by atoms with Crippen molar-refractivity contribution in [2.24, 2.45) is 0 Å². The minimum Gasteiger partial charge on any atom is -0.456 e. The van der Waals surface area contributed by atoms with Crippen molar-refractivity contribution in [3.8, 4) is 5.69 Å². The summed E-state index contributed by atoms with van der Waals surface area (Å²) < 4.78 is 10.3. The number of furan rings is 1. The number of hydrogen-bond acceptors (Lipinski definition) is 2. The standard InChI is InChI=1S/C52H43BrN2O/c1-51(2,3)35-20-24-37(25-21-35)54(38-26-22-36(23-27-38)52(4,5)6)50-48-40-17-11-12-18-45(40)56-46(48)31-44(49(50)53)55-42-28-19-32-13-9-10-16-39(32)47(42)41-29-33-14-7-8-15-34(33)30-43(41)55/h7-31H,1-6H3. The number of fused-ring (bicyclic) bond motifs is 9. The highest BCUT2D eigenvalue weighted by Gasteiger charge is 2.28. The van der Waals surface area contributed by atoms with Gasteiger partial charge in [0.1, 0.15) is 11.2 Å². The lowest BCUT2D eigenvalue weighted by Crippen LogP contribution is -2.15. The zero-order valence-electron chi connectivity index (χ0n) is 32.6. The van der Waals surface area contributed by atoms with Crippen LogP contribution >= 0.6 is 15.9 Å². The third-order valence-corrected chi connectivity index (χ3v) is 12.3. The Balaban J connectivity index is 1.35. The second-order valence-corrected chi connectivity index (χ2v) is 18.0. The highest BCUT2D eigenvalue weighted by molar-refractivity contribution is 9.10. The van der Waals surface area contributed by atoms with Gasteiger partial charge >= 0.3 is 0 Å². The average Bonchev–Trinajstić information content (AvgIpc) is 3.72. The lowest BCUT2D eigenvalue weighted by molar-refractivity contribution is 0.590. The van der Waals surface area contributed by atoms with Crippen molar-refractivity contribution in [1.82, 2.24) is 4.57 Å². The summed E-state index contributed by atoms with van der Waals surface area (Å²) in [4.78, 5) is 2.41. The molecule has 0 spiro atoms. The molecule has 4 heteroatoms. The summed E-state index contributed by atoms with van der Waals surface area (Å²) in [6.07, 6.45) is 0. The van der Waals surface area contributed by atoms with Gasteiger partial charge in [-0.15, -0.1) is 0 Å². The SMILES string of the molecule is CC(C)(C)c1ccc(N(c2ccc(C(C)(C)C)cc2)c2c(Br)c(-n3c4cc5ccccc5cc4c4c5ccccc5ccc43)cc3oc4ccccc4c23)cc1. The van der Waals surface area contributed by atoms with E-state index in [1.54, 1.807) is 0 Å². The van der Waals surface area contributed by atoms with Crippen LogP contribution in [0.4, 0.5) is 17.1 Å². The lowest BCUT2D eigenvalue weighted by Gasteiger charge is -2.30. The normalized spacial score (nSPS) is 12.6. The Bertz CT molecular complexity index is 3100. The number of benzene rings is 8. The first kappa shape index (κ1) is 34.6. The first-order valence-corrected chi connectivity index (χ1v) is 20.2. The van der Waals surface area contributed by atoms with Gasteiger partial charge in [-0.25, -0.2) is 0 Å². The van der Waals surface area contributed by atoms with Crippen LogP contribution in [-0.2, 0) is 10.8 Å². The van der Waals surface area contributed by atoms with E-state index in [1.165, 1.54) is 43.4 Å². The largest absolute Gasteiger partial charge is 0.456 e. The molecule has 0 aliphatic carbocycles. The zero-order valence-corrected chi connectivity index (χ0v) is 34.2. The molecule has 0 N–H and O–H groups in total. The number of para-hydroxylation sites is 1. The van der Waals surface area contributed by atoms with E-state index in [0.717, 1.165) is 60.2 Å². The van der Waals surface area contributed by atoms with Crippen LogP contribution in [0.3, 0.4) is 0 Å². The van der Waals surface area contributed by atoms with Crippen LogP contribution in [-0.4, -0.2) is 4.57 Å². The molecule has 8 aromatic carbocycles. The van der Waals surface area contributed by atoms with E-state index in [0.29, 0.717) is 0 Å². The zero-order chi connectivity index (χ0) is 38.5. The molecule has 56 heavy (non-hydrogen) atoms. The van der Waals surface area contributed by atoms with Gasteiger partial charge in [0.25, 0.3) is 0 Å². The van der Waals surface area contributed by atoms with Crippen LogP contribution in [0.5, 0.6) is 0 Å². The Hall–Kier alpha value is -5.84. The first-order valence-electron chi connectivity index (χ1n) is 19.5. The van der Waals surface area contributed by atoms with Crippen molar-refractivity contribution in [3.63, 3.8) is 0 Å². The fraction of sp³-hybridized carbons (Fsp3) is 0.154. The predicted octanol–water partition coefficient (Wildman–Crippen LogP) is 15.8. The molecule has 0 radical (unpaired) electrons. The van der Waals surface area contributed by atoms with Crippen molar-refractivity contribution in [2.75, 3.05) is 4.90 Å². The van der Waals surface area contributed by atoms with Gasteiger partial charge in [-0.05, 0) is 108 Å². The molecule has 0 atom stereocenters. The maximum absolute atomic E-state index is 6.84. The Labute approximate surface area is 335 Å². The Morgan fingerprint density at radius 2 is 1.04 bits per heavy atom. The fourth-order valence-electron chi connectivity index (χ4n) is 8.56. The smallest absolute Gasteiger partial charge is 0.139 e. The summed E-state index contributed by atoms with van der Waals surface area (Å²) in [5.74, 6) is 0. The number of halogens is 1. The van der Waals surface area contributed by atoms with Gasteiger partial charge in [0.2, 0.25) is 0 Å². The minimum absolute atomic E-state index is 0.0249. The maximum Gasteiger partial charge on any atom is 0.139 e. The Morgan fingerprint density at radius 1 is 0.482 bits per heavy atom. The molecule has 274 valence electrons. The molecule has 0 saturated carbocycles. The summed E-state index contributed by atoms with van der Waals surface area (Å²) in [6.45, 7) is 13.6. The third-order valence-electron chi connectivity index (χ3n) is 11.5. The Morgan fingerprint density at radius 3 is 1.66 bits per heavy atom. The van der Waals surface area contributed by atoms with Gasteiger partial charge in [0.15, 0.2) is 0 Å². The van der Waals surface area contributed by atoms with Crippen molar-refractivity contribution in [1.29, 1.82) is 0 Å². The van der Waals surface area contributed by atoms with Gasteiger partial charge in [-0.3, -0.25) is 0 Å². The van der Waals surface area contributed by atoms with Gasteiger partial charge in [0.05, 0.1) is 32.3 Å². The molecule has 0 aliphatic rings. The average molecular weight is 792 g/mol. The fourth-order valence-corrected chi connectivity index (χ4v) is 9.23. The minimum atomic E-state index is 0.0249. The number of nitrogens with zero attached hydrogens (tertiary/aromatic N) is 2. The lowest BCUT2D eigenvalue weighted by atomic mass is 9.86. The summed E-state index contributed by atoms with van der Waals surface area (Å²) in [5.41, 5.74) is 10.8. The summed E-state index contributed by atoms with van der Waals surface area (Å²) >= 11 is 4.35. The predicted molar refractivity (Wildman–Crippen MR) is 243 cm³/mol. The van der Waals surface area contributed by atoms with Crippen LogP contribution in [0, 0.1) is 0 Å². The van der Waals surface area contributed by atoms with Gasteiger partial charge < -0.3 is 13.9 Å². The molecular weight excluding hydrogens is 748 g/mol. The molecule has 3 nitrogen and oxygen atoms in total. The molecular formula is C52H43BrN2O. The van der Waals surface area contributed by atoms with Crippen molar-refractivity contribution in [2.45, 2.75) is 52.4 Å². The summed E-state index contributed by atoms with van der Waals surface area (Å²) in [6, 6.07) is 55.5. The van der Waals surface area contributed by atoms with Crippen LogP contribution in [0.25, 0.3) is 71.0 Å². The number of aromatic nitrogens is 1. The second kappa shape index (κ2) is 12.6. The maximum atomic E-state index is 6.84. The third kappa shape index (κ3) is 5.45. The highest BCUT2D eigenvalue weighted by atomic mass is 79.9. The van der Waals surface area contributed by atoms with E-state index in [1.807, 2.05) is 0 Å². The molecule has 0 unspecified atom stereocenters. The molecule has 0 fully saturated rings. The van der Waals surface area contributed by atoms with Crippen LogP contribution in [0.15, 0.2) is 161 Å². The van der Waals surface area contributed by atoms with Crippen molar-refractivity contribution < 1.29 is 4.42 Å². The molecule has 2 heterocycles. The molecule has 0 saturated heterocycles. The number of rotatable bonds is 4. The topological polar surface area (TPSA) is 21.3 Å². The van der Waals surface area contributed by atoms with E-state index >= 15 is 0 Å². The Kier molecular flexibility index (Phi) is 7.79. The molecule has 0 amide bonds. The van der Waals surface area contributed by atoms with E-state index in [-0.39, 0.29) is 10.8 Å². The second-order valence-electron chi connectivity index (χ2n) is 17.2.